The molecule has 18 heavy (non-hydrogen) atoms. The normalized spacial score (nSPS) is 20.7. The summed E-state index contributed by atoms with van der Waals surface area (Å²) in [7, 11) is 0. The van der Waals surface area contributed by atoms with Crippen LogP contribution in [0.15, 0.2) is 18.2 Å². The van der Waals surface area contributed by atoms with E-state index in [1.165, 1.54) is 12.8 Å². The number of anilines is 1. The lowest BCUT2D eigenvalue weighted by Gasteiger charge is -2.25. The van der Waals surface area contributed by atoms with Crippen LogP contribution >= 0.6 is 0 Å². The van der Waals surface area contributed by atoms with Gasteiger partial charge in [0.1, 0.15) is 5.75 Å². The molecule has 1 fully saturated rings. The van der Waals surface area contributed by atoms with E-state index in [1.807, 2.05) is 6.07 Å². The summed E-state index contributed by atoms with van der Waals surface area (Å²) in [5.41, 5.74) is 1.12. The molecule has 0 saturated heterocycles. The summed E-state index contributed by atoms with van der Waals surface area (Å²) in [5.74, 6) is -0.246. The van der Waals surface area contributed by atoms with E-state index in [-0.39, 0.29) is 5.41 Å². The van der Waals surface area contributed by atoms with Gasteiger partial charge in [-0.15, -0.1) is 0 Å². The van der Waals surface area contributed by atoms with Gasteiger partial charge < -0.3 is 15.2 Å². The minimum atomic E-state index is -0.912. The fraction of sp³-hybridized carbons (Fsp3) is 0.500. The van der Waals surface area contributed by atoms with Gasteiger partial charge in [0, 0.05) is 12.0 Å². The summed E-state index contributed by atoms with van der Waals surface area (Å²) >= 11 is 0. The molecule has 1 aromatic rings. The Morgan fingerprint density at radius 3 is 2.83 bits per heavy atom. The van der Waals surface area contributed by atoms with Crippen LogP contribution in [0.25, 0.3) is 0 Å². The number of aromatic carboxylic acids is 1. The lowest BCUT2D eigenvalue weighted by Crippen LogP contribution is -2.31. The average Bonchev–Trinajstić information content (AvgIpc) is 2.74. The third kappa shape index (κ3) is 1.82. The molecule has 1 saturated carbocycles. The monoisotopic (exact) mass is 247 g/mol. The maximum absolute atomic E-state index is 11.2. The fourth-order valence-electron chi connectivity index (χ4n) is 3.02. The number of ether oxygens (including phenoxy) is 1. The van der Waals surface area contributed by atoms with Gasteiger partial charge in [-0.3, -0.25) is 0 Å². The minimum absolute atomic E-state index is 0.189. The van der Waals surface area contributed by atoms with Gasteiger partial charge >= 0.3 is 5.97 Å². The summed E-state index contributed by atoms with van der Waals surface area (Å²) < 4.78 is 5.85. The Morgan fingerprint density at radius 2 is 2.11 bits per heavy atom. The molecule has 4 heteroatoms. The van der Waals surface area contributed by atoms with Crippen LogP contribution in [0.3, 0.4) is 0 Å². The molecule has 0 aromatic heterocycles. The van der Waals surface area contributed by atoms with Crippen molar-refractivity contribution < 1.29 is 14.6 Å². The Morgan fingerprint density at radius 1 is 1.33 bits per heavy atom. The van der Waals surface area contributed by atoms with Crippen molar-refractivity contribution in [3.05, 3.63) is 23.8 Å². The van der Waals surface area contributed by atoms with E-state index in [9.17, 15) is 9.90 Å². The molecule has 1 aliphatic carbocycles. The van der Waals surface area contributed by atoms with Crippen LogP contribution in [0.2, 0.25) is 0 Å². The zero-order chi connectivity index (χ0) is 12.6. The van der Waals surface area contributed by atoms with E-state index in [4.69, 9.17) is 4.74 Å². The van der Waals surface area contributed by atoms with Crippen molar-refractivity contribution in [2.45, 2.75) is 25.7 Å². The smallest absolute Gasteiger partial charge is 0.337 e. The maximum atomic E-state index is 11.2. The number of fused-ring (bicyclic) bond motifs is 1. The lowest BCUT2D eigenvalue weighted by molar-refractivity contribution is 0.0697. The van der Waals surface area contributed by atoms with E-state index in [0.717, 1.165) is 19.4 Å². The van der Waals surface area contributed by atoms with Gasteiger partial charge in [0.15, 0.2) is 0 Å². The third-order valence-corrected chi connectivity index (χ3v) is 4.09. The Kier molecular flexibility index (Phi) is 2.65. The SMILES string of the molecule is O=C(O)c1cccc2c1NCC1(CCCC1)CO2. The zero-order valence-electron chi connectivity index (χ0n) is 10.2. The predicted molar refractivity (Wildman–Crippen MR) is 68.3 cm³/mol. The first-order valence-electron chi connectivity index (χ1n) is 6.43. The first-order chi connectivity index (χ1) is 8.70. The van der Waals surface area contributed by atoms with E-state index in [0.29, 0.717) is 23.6 Å². The molecule has 1 aliphatic heterocycles. The van der Waals surface area contributed by atoms with Crippen LogP contribution in [0.4, 0.5) is 5.69 Å². The topological polar surface area (TPSA) is 58.6 Å². The van der Waals surface area contributed by atoms with Gasteiger partial charge in [-0.25, -0.2) is 4.79 Å². The second kappa shape index (κ2) is 4.19. The molecule has 0 atom stereocenters. The molecule has 0 radical (unpaired) electrons. The van der Waals surface area contributed by atoms with Crippen molar-refractivity contribution in [3.63, 3.8) is 0 Å². The van der Waals surface area contributed by atoms with E-state index < -0.39 is 5.97 Å². The molecule has 3 rings (SSSR count). The van der Waals surface area contributed by atoms with Crippen LogP contribution in [0.5, 0.6) is 5.75 Å². The molecule has 2 aliphatic rings. The number of hydrogen-bond donors (Lipinski definition) is 2. The Labute approximate surface area is 106 Å². The maximum Gasteiger partial charge on any atom is 0.337 e. The molecule has 2 N–H and O–H groups in total. The first kappa shape index (κ1) is 11.4. The molecular weight excluding hydrogens is 230 g/mol. The highest BCUT2D eigenvalue weighted by atomic mass is 16.5. The second-order valence-corrected chi connectivity index (χ2v) is 5.33. The van der Waals surface area contributed by atoms with Crippen molar-refractivity contribution in [3.8, 4) is 5.75 Å². The molecule has 0 unspecified atom stereocenters. The van der Waals surface area contributed by atoms with Gasteiger partial charge in [-0.2, -0.15) is 0 Å². The molecule has 4 nitrogen and oxygen atoms in total. The quantitative estimate of drug-likeness (QED) is 0.801. The third-order valence-electron chi connectivity index (χ3n) is 4.09. The van der Waals surface area contributed by atoms with Crippen molar-refractivity contribution in [1.29, 1.82) is 0 Å². The molecule has 1 spiro atoms. The molecule has 0 bridgehead atoms. The van der Waals surface area contributed by atoms with Crippen molar-refractivity contribution in [2.24, 2.45) is 5.41 Å². The van der Waals surface area contributed by atoms with E-state index in [2.05, 4.69) is 5.32 Å². The van der Waals surface area contributed by atoms with E-state index >= 15 is 0 Å². The number of benzene rings is 1. The highest BCUT2D eigenvalue weighted by Gasteiger charge is 2.37. The number of carbonyl (C=O) groups is 1. The van der Waals surface area contributed by atoms with Gasteiger partial charge in [0.05, 0.1) is 17.9 Å². The zero-order valence-corrected chi connectivity index (χ0v) is 10.2. The van der Waals surface area contributed by atoms with Crippen LogP contribution in [0.1, 0.15) is 36.0 Å². The Balaban J connectivity index is 1.93. The second-order valence-electron chi connectivity index (χ2n) is 5.33. The fourth-order valence-corrected chi connectivity index (χ4v) is 3.02. The highest BCUT2D eigenvalue weighted by Crippen LogP contribution is 2.42. The van der Waals surface area contributed by atoms with Crippen LogP contribution in [-0.4, -0.2) is 24.2 Å². The largest absolute Gasteiger partial charge is 0.491 e. The number of para-hydroxylation sites is 1. The first-order valence-corrected chi connectivity index (χ1v) is 6.43. The number of nitrogens with one attached hydrogen (secondary N) is 1. The van der Waals surface area contributed by atoms with Gasteiger partial charge in [0.2, 0.25) is 0 Å². The average molecular weight is 247 g/mol. The Bertz CT molecular complexity index is 478. The van der Waals surface area contributed by atoms with Gasteiger partial charge in [-0.1, -0.05) is 18.9 Å². The minimum Gasteiger partial charge on any atom is -0.491 e. The van der Waals surface area contributed by atoms with Crippen LogP contribution < -0.4 is 10.1 Å². The molecule has 1 aromatic carbocycles. The van der Waals surface area contributed by atoms with Crippen molar-refractivity contribution in [2.75, 3.05) is 18.5 Å². The standard InChI is InChI=1S/C14H17NO3/c16-13(17)10-4-3-5-11-12(10)15-8-14(9-18-11)6-1-2-7-14/h3-5,15H,1-2,6-9H2,(H,16,17). The summed E-state index contributed by atoms with van der Waals surface area (Å²) in [6, 6.07) is 5.18. The number of hydrogen-bond acceptors (Lipinski definition) is 3. The number of rotatable bonds is 1. The number of carboxylic acids is 1. The van der Waals surface area contributed by atoms with Crippen LogP contribution in [0, 0.1) is 5.41 Å². The Hall–Kier alpha value is -1.71. The molecule has 1 heterocycles. The summed E-state index contributed by atoms with van der Waals surface area (Å²) in [6.07, 6.45) is 4.81. The summed E-state index contributed by atoms with van der Waals surface area (Å²) in [4.78, 5) is 11.2. The van der Waals surface area contributed by atoms with E-state index in [1.54, 1.807) is 12.1 Å². The number of carboxylic acid groups (broad SMARTS) is 1. The van der Waals surface area contributed by atoms with Gasteiger partial charge in [0.25, 0.3) is 0 Å². The predicted octanol–water partition coefficient (Wildman–Crippen LogP) is 2.75. The van der Waals surface area contributed by atoms with Crippen molar-refractivity contribution in [1.82, 2.24) is 0 Å². The molecule has 96 valence electrons. The van der Waals surface area contributed by atoms with Crippen LogP contribution in [-0.2, 0) is 0 Å². The molecular formula is C14H17NO3. The van der Waals surface area contributed by atoms with Gasteiger partial charge in [-0.05, 0) is 25.0 Å². The lowest BCUT2D eigenvalue weighted by atomic mass is 9.87. The summed E-state index contributed by atoms with van der Waals surface area (Å²) in [5, 5.41) is 12.5. The summed E-state index contributed by atoms with van der Waals surface area (Å²) in [6.45, 7) is 1.50. The molecule has 0 amide bonds. The van der Waals surface area contributed by atoms with Crippen molar-refractivity contribution >= 4 is 11.7 Å². The highest BCUT2D eigenvalue weighted by molar-refractivity contribution is 5.96.